The number of rotatable bonds is 6. The standard InChI is InChI=1S/C21H24N2O6/c1-13(29-20(25)14-6-8-15(9-7-14)21(2,3)4)19(24)22-17-11-10-16(23(26)27)12-18(17)28-5/h6-13H,1-5H3,(H,22,24)/t13-/m1/s1. The lowest BCUT2D eigenvalue weighted by Gasteiger charge is -2.19. The van der Waals surface area contributed by atoms with Crippen LogP contribution in [0.4, 0.5) is 11.4 Å². The zero-order chi connectivity index (χ0) is 21.8. The van der Waals surface area contributed by atoms with Crippen LogP contribution in [0.3, 0.4) is 0 Å². The quantitative estimate of drug-likeness (QED) is 0.445. The van der Waals surface area contributed by atoms with Crippen molar-refractivity contribution in [2.24, 2.45) is 0 Å². The number of nitrogens with zero attached hydrogens (tertiary/aromatic N) is 1. The fraction of sp³-hybridized carbons (Fsp3) is 0.333. The molecule has 29 heavy (non-hydrogen) atoms. The topological polar surface area (TPSA) is 108 Å². The lowest BCUT2D eigenvalue weighted by molar-refractivity contribution is -0.384. The number of hydrogen-bond acceptors (Lipinski definition) is 6. The second-order valence-corrected chi connectivity index (χ2v) is 7.51. The second kappa shape index (κ2) is 8.72. The molecule has 8 heteroatoms. The van der Waals surface area contributed by atoms with Crippen LogP contribution in [0.2, 0.25) is 0 Å². The normalized spacial score (nSPS) is 12.0. The molecule has 0 bridgehead atoms. The third-order valence-electron chi connectivity index (χ3n) is 4.29. The minimum atomic E-state index is -1.08. The monoisotopic (exact) mass is 400 g/mol. The van der Waals surface area contributed by atoms with Crippen molar-refractivity contribution in [1.29, 1.82) is 0 Å². The highest BCUT2D eigenvalue weighted by atomic mass is 16.6. The van der Waals surface area contributed by atoms with Gasteiger partial charge in [-0.2, -0.15) is 0 Å². The van der Waals surface area contributed by atoms with E-state index in [4.69, 9.17) is 9.47 Å². The van der Waals surface area contributed by atoms with Crippen molar-refractivity contribution < 1.29 is 24.0 Å². The summed E-state index contributed by atoms with van der Waals surface area (Å²) in [5.74, 6) is -1.08. The van der Waals surface area contributed by atoms with Crippen LogP contribution in [-0.4, -0.2) is 30.0 Å². The first-order valence-electron chi connectivity index (χ1n) is 8.97. The van der Waals surface area contributed by atoms with E-state index in [0.717, 1.165) is 5.56 Å². The first kappa shape index (κ1) is 21.9. The Hall–Kier alpha value is -3.42. The van der Waals surface area contributed by atoms with Crippen molar-refractivity contribution in [2.45, 2.75) is 39.2 Å². The van der Waals surface area contributed by atoms with Gasteiger partial charge in [0.1, 0.15) is 5.75 Å². The van der Waals surface area contributed by atoms with E-state index in [-0.39, 0.29) is 22.5 Å². The first-order chi connectivity index (χ1) is 13.5. The Bertz CT molecular complexity index is 916. The fourth-order valence-electron chi connectivity index (χ4n) is 2.52. The molecule has 2 aromatic rings. The second-order valence-electron chi connectivity index (χ2n) is 7.51. The maximum atomic E-state index is 12.4. The van der Waals surface area contributed by atoms with E-state index in [1.165, 1.54) is 32.2 Å². The highest BCUT2D eigenvalue weighted by Gasteiger charge is 2.22. The van der Waals surface area contributed by atoms with Gasteiger partial charge in [-0.1, -0.05) is 32.9 Å². The fourth-order valence-corrected chi connectivity index (χ4v) is 2.52. The Morgan fingerprint density at radius 1 is 1.10 bits per heavy atom. The molecule has 154 valence electrons. The van der Waals surface area contributed by atoms with Crippen LogP contribution in [0, 0.1) is 10.1 Å². The number of amides is 1. The molecule has 0 spiro atoms. The third-order valence-corrected chi connectivity index (χ3v) is 4.29. The molecule has 1 amide bonds. The summed E-state index contributed by atoms with van der Waals surface area (Å²) in [6.45, 7) is 7.65. The molecular formula is C21H24N2O6. The molecule has 0 aromatic heterocycles. The molecule has 0 heterocycles. The van der Waals surface area contributed by atoms with Gasteiger partial charge in [0.05, 0.1) is 29.4 Å². The summed E-state index contributed by atoms with van der Waals surface area (Å²) >= 11 is 0. The number of nitro benzene ring substituents is 1. The summed E-state index contributed by atoms with van der Waals surface area (Å²) in [5.41, 5.74) is 1.44. The number of nitrogens with one attached hydrogen (secondary N) is 1. The molecule has 0 unspecified atom stereocenters. The molecular weight excluding hydrogens is 376 g/mol. The molecule has 0 saturated carbocycles. The molecule has 1 atom stereocenters. The number of carbonyl (C=O) groups is 2. The number of esters is 1. The van der Waals surface area contributed by atoms with Crippen molar-refractivity contribution in [3.8, 4) is 5.75 Å². The predicted molar refractivity (Wildman–Crippen MR) is 108 cm³/mol. The van der Waals surface area contributed by atoms with E-state index < -0.39 is 22.9 Å². The molecule has 0 fully saturated rings. The van der Waals surface area contributed by atoms with Gasteiger partial charge < -0.3 is 14.8 Å². The number of anilines is 1. The van der Waals surface area contributed by atoms with Crippen molar-refractivity contribution in [3.63, 3.8) is 0 Å². The van der Waals surface area contributed by atoms with Crippen molar-refractivity contribution in [1.82, 2.24) is 0 Å². The Labute approximate surface area is 169 Å². The van der Waals surface area contributed by atoms with Crippen molar-refractivity contribution >= 4 is 23.3 Å². The zero-order valence-electron chi connectivity index (χ0n) is 17.0. The Morgan fingerprint density at radius 3 is 2.24 bits per heavy atom. The predicted octanol–water partition coefficient (Wildman–Crippen LogP) is 4.08. The van der Waals surface area contributed by atoms with Gasteiger partial charge in [-0.15, -0.1) is 0 Å². The van der Waals surface area contributed by atoms with Gasteiger partial charge in [0.25, 0.3) is 11.6 Å². The van der Waals surface area contributed by atoms with Crippen LogP contribution in [0.1, 0.15) is 43.6 Å². The molecule has 0 saturated heterocycles. The van der Waals surface area contributed by atoms with E-state index in [1.807, 2.05) is 12.1 Å². The molecule has 0 radical (unpaired) electrons. The van der Waals surface area contributed by atoms with E-state index in [0.29, 0.717) is 5.56 Å². The number of benzene rings is 2. The largest absolute Gasteiger partial charge is 0.494 e. The number of carbonyl (C=O) groups excluding carboxylic acids is 2. The van der Waals surface area contributed by atoms with Gasteiger partial charge in [0.2, 0.25) is 0 Å². The van der Waals surface area contributed by atoms with Crippen molar-refractivity contribution in [2.75, 3.05) is 12.4 Å². The van der Waals surface area contributed by atoms with Crippen LogP contribution < -0.4 is 10.1 Å². The van der Waals surface area contributed by atoms with E-state index in [9.17, 15) is 19.7 Å². The minimum Gasteiger partial charge on any atom is -0.494 e. The smallest absolute Gasteiger partial charge is 0.338 e. The van der Waals surface area contributed by atoms with Crippen LogP contribution in [0.5, 0.6) is 5.75 Å². The van der Waals surface area contributed by atoms with Gasteiger partial charge in [-0.25, -0.2) is 4.79 Å². The summed E-state index contributed by atoms with van der Waals surface area (Å²) in [7, 11) is 1.33. The molecule has 8 nitrogen and oxygen atoms in total. The molecule has 2 rings (SSSR count). The van der Waals surface area contributed by atoms with Crippen LogP contribution in [0.25, 0.3) is 0 Å². The molecule has 0 aliphatic heterocycles. The lowest BCUT2D eigenvalue weighted by Crippen LogP contribution is -2.30. The summed E-state index contributed by atoms with van der Waals surface area (Å²) in [6, 6.07) is 10.8. The Kier molecular flexibility index (Phi) is 6.58. The summed E-state index contributed by atoms with van der Waals surface area (Å²) < 4.78 is 10.3. The van der Waals surface area contributed by atoms with Gasteiger partial charge in [-0.3, -0.25) is 14.9 Å². The summed E-state index contributed by atoms with van der Waals surface area (Å²) in [6.07, 6.45) is -1.08. The molecule has 2 aromatic carbocycles. The number of hydrogen-bond donors (Lipinski definition) is 1. The molecule has 0 aliphatic carbocycles. The van der Waals surface area contributed by atoms with Gasteiger partial charge >= 0.3 is 5.97 Å². The Morgan fingerprint density at radius 2 is 1.72 bits per heavy atom. The maximum absolute atomic E-state index is 12.4. The minimum absolute atomic E-state index is 0.0422. The van der Waals surface area contributed by atoms with Gasteiger partial charge in [0, 0.05) is 6.07 Å². The van der Waals surface area contributed by atoms with Crippen LogP contribution in [-0.2, 0) is 14.9 Å². The van der Waals surface area contributed by atoms with Gasteiger partial charge in [0.15, 0.2) is 6.10 Å². The van der Waals surface area contributed by atoms with E-state index in [2.05, 4.69) is 26.1 Å². The average molecular weight is 400 g/mol. The summed E-state index contributed by atoms with van der Waals surface area (Å²) in [5, 5.41) is 13.4. The Balaban J connectivity index is 2.05. The van der Waals surface area contributed by atoms with E-state index in [1.54, 1.807) is 12.1 Å². The average Bonchev–Trinajstić information content (AvgIpc) is 2.67. The van der Waals surface area contributed by atoms with Gasteiger partial charge in [-0.05, 0) is 36.1 Å². The number of ether oxygens (including phenoxy) is 2. The first-order valence-corrected chi connectivity index (χ1v) is 8.97. The number of nitro groups is 1. The van der Waals surface area contributed by atoms with Crippen LogP contribution >= 0.6 is 0 Å². The SMILES string of the molecule is COc1cc([N+](=O)[O-])ccc1NC(=O)[C@@H](C)OC(=O)c1ccc(C(C)(C)C)cc1. The molecule has 0 aliphatic rings. The highest BCUT2D eigenvalue weighted by Crippen LogP contribution is 2.29. The number of non-ortho nitro benzene ring substituents is 1. The maximum Gasteiger partial charge on any atom is 0.338 e. The van der Waals surface area contributed by atoms with Crippen LogP contribution in [0.15, 0.2) is 42.5 Å². The lowest BCUT2D eigenvalue weighted by atomic mass is 9.87. The summed E-state index contributed by atoms with van der Waals surface area (Å²) in [4.78, 5) is 35.0. The molecule has 1 N–H and O–H groups in total. The van der Waals surface area contributed by atoms with E-state index >= 15 is 0 Å². The number of methoxy groups -OCH3 is 1. The zero-order valence-corrected chi connectivity index (χ0v) is 17.0. The van der Waals surface area contributed by atoms with Crippen molar-refractivity contribution in [3.05, 3.63) is 63.7 Å². The highest BCUT2D eigenvalue weighted by molar-refractivity contribution is 5.98. The third kappa shape index (κ3) is 5.54.